The molecule has 23 heavy (non-hydrogen) atoms. The molecule has 1 N–H and O–H groups in total. The van der Waals surface area contributed by atoms with Gasteiger partial charge in [-0.25, -0.2) is 13.1 Å². The first kappa shape index (κ1) is 16.0. The van der Waals surface area contributed by atoms with Crippen molar-refractivity contribution in [1.29, 1.82) is 0 Å². The molecule has 1 aliphatic rings. The van der Waals surface area contributed by atoms with E-state index in [0.717, 1.165) is 5.69 Å². The van der Waals surface area contributed by atoms with Crippen LogP contribution in [0.5, 0.6) is 0 Å². The Balaban J connectivity index is 1.79. The van der Waals surface area contributed by atoms with Gasteiger partial charge >= 0.3 is 0 Å². The van der Waals surface area contributed by atoms with Crippen molar-refractivity contribution in [3.8, 4) is 5.69 Å². The number of hydrogen-bond acceptors (Lipinski definition) is 4. The lowest BCUT2D eigenvalue weighted by Crippen LogP contribution is -2.35. The van der Waals surface area contributed by atoms with Gasteiger partial charge in [0.2, 0.25) is 0 Å². The van der Waals surface area contributed by atoms with E-state index in [1.165, 1.54) is 6.20 Å². The van der Waals surface area contributed by atoms with Crippen LogP contribution >= 0.6 is 11.6 Å². The maximum atomic E-state index is 12.4. The number of nitrogens with zero attached hydrogens (tertiary/aromatic N) is 2. The van der Waals surface area contributed by atoms with E-state index in [1.807, 2.05) is 12.1 Å². The summed E-state index contributed by atoms with van der Waals surface area (Å²) >= 11 is 5.87. The van der Waals surface area contributed by atoms with Crippen molar-refractivity contribution in [2.75, 3.05) is 11.5 Å². The van der Waals surface area contributed by atoms with Gasteiger partial charge < -0.3 is 5.32 Å². The van der Waals surface area contributed by atoms with Crippen LogP contribution in [-0.2, 0) is 9.84 Å². The van der Waals surface area contributed by atoms with Crippen molar-refractivity contribution in [2.45, 2.75) is 19.4 Å². The molecule has 1 amide bonds. The summed E-state index contributed by atoms with van der Waals surface area (Å²) in [6.07, 6.45) is 1.95. The number of halogens is 1. The number of hydrogen-bond donors (Lipinski definition) is 1. The zero-order valence-electron chi connectivity index (χ0n) is 12.5. The third-order valence-corrected chi connectivity index (χ3v) is 5.91. The first-order chi connectivity index (χ1) is 10.9. The van der Waals surface area contributed by atoms with Gasteiger partial charge in [-0.15, -0.1) is 0 Å². The van der Waals surface area contributed by atoms with Gasteiger partial charge in [0.05, 0.1) is 34.6 Å². The van der Waals surface area contributed by atoms with E-state index >= 15 is 0 Å². The van der Waals surface area contributed by atoms with Crippen LogP contribution in [0, 0.1) is 6.92 Å². The average Bonchev–Trinajstić information content (AvgIpc) is 3.02. The molecule has 1 aliphatic heterocycles. The third kappa shape index (κ3) is 3.40. The van der Waals surface area contributed by atoms with Gasteiger partial charge in [-0.1, -0.05) is 11.6 Å². The number of sulfone groups is 1. The molecule has 1 fully saturated rings. The van der Waals surface area contributed by atoms with Gasteiger partial charge in [-0.05, 0) is 37.6 Å². The smallest absolute Gasteiger partial charge is 0.255 e. The number of carbonyl (C=O) groups excluding carboxylic acids is 1. The van der Waals surface area contributed by atoms with Gasteiger partial charge in [0.1, 0.15) is 0 Å². The lowest BCUT2D eigenvalue weighted by Gasteiger charge is -2.10. The van der Waals surface area contributed by atoms with Crippen LogP contribution in [0.1, 0.15) is 22.5 Å². The van der Waals surface area contributed by atoms with E-state index in [9.17, 15) is 13.2 Å². The minimum Gasteiger partial charge on any atom is -0.348 e. The van der Waals surface area contributed by atoms with Crippen molar-refractivity contribution in [3.63, 3.8) is 0 Å². The lowest BCUT2D eigenvalue weighted by atomic mass is 10.2. The van der Waals surface area contributed by atoms with Crippen LogP contribution in [0.25, 0.3) is 5.69 Å². The highest BCUT2D eigenvalue weighted by molar-refractivity contribution is 7.91. The highest BCUT2D eigenvalue weighted by Gasteiger charge is 2.29. The molecular formula is C15H16ClN3O3S. The van der Waals surface area contributed by atoms with Crippen LogP contribution in [0.15, 0.2) is 30.5 Å². The summed E-state index contributed by atoms with van der Waals surface area (Å²) in [6.45, 7) is 1.79. The fourth-order valence-electron chi connectivity index (χ4n) is 2.65. The van der Waals surface area contributed by atoms with Gasteiger partial charge in [0, 0.05) is 11.1 Å². The summed E-state index contributed by atoms with van der Waals surface area (Å²) in [4.78, 5) is 12.4. The zero-order valence-corrected chi connectivity index (χ0v) is 14.1. The molecule has 3 rings (SSSR count). The molecule has 6 nitrogen and oxygen atoms in total. The van der Waals surface area contributed by atoms with E-state index in [4.69, 9.17) is 11.6 Å². The van der Waals surface area contributed by atoms with Crippen LogP contribution in [0.4, 0.5) is 0 Å². The Hall–Kier alpha value is -1.86. The van der Waals surface area contributed by atoms with Gasteiger partial charge in [-0.2, -0.15) is 5.10 Å². The van der Waals surface area contributed by atoms with Crippen LogP contribution in [0.3, 0.4) is 0 Å². The Bertz CT molecular complexity index is 843. The molecule has 0 radical (unpaired) electrons. The second-order valence-electron chi connectivity index (χ2n) is 5.61. The molecule has 1 unspecified atom stereocenters. The van der Waals surface area contributed by atoms with Gasteiger partial charge in [0.15, 0.2) is 9.84 Å². The average molecular weight is 354 g/mol. The van der Waals surface area contributed by atoms with Crippen molar-refractivity contribution in [1.82, 2.24) is 15.1 Å². The molecular weight excluding hydrogens is 338 g/mol. The Morgan fingerprint density at radius 2 is 2.04 bits per heavy atom. The second-order valence-corrected chi connectivity index (χ2v) is 8.27. The highest BCUT2D eigenvalue weighted by atomic mass is 35.5. The Kier molecular flexibility index (Phi) is 4.16. The normalized spacial score (nSPS) is 19.7. The van der Waals surface area contributed by atoms with Crippen molar-refractivity contribution >= 4 is 27.3 Å². The van der Waals surface area contributed by atoms with Crippen molar-refractivity contribution < 1.29 is 13.2 Å². The first-order valence-electron chi connectivity index (χ1n) is 7.17. The minimum atomic E-state index is -3.02. The molecule has 0 aliphatic carbocycles. The van der Waals surface area contributed by atoms with E-state index in [2.05, 4.69) is 10.4 Å². The molecule has 1 saturated heterocycles. The lowest BCUT2D eigenvalue weighted by molar-refractivity contribution is 0.0940. The number of carbonyl (C=O) groups is 1. The molecule has 0 spiro atoms. The quantitative estimate of drug-likeness (QED) is 0.911. The van der Waals surface area contributed by atoms with E-state index in [0.29, 0.717) is 22.7 Å². The summed E-state index contributed by atoms with van der Waals surface area (Å²) in [6, 6.07) is 6.80. The zero-order chi connectivity index (χ0) is 16.6. The molecule has 0 bridgehead atoms. The molecule has 2 aromatic rings. The maximum absolute atomic E-state index is 12.4. The number of rotatable bonds is 3. The monoisotopic (exact) mass is 353 g/mol. The van der Waals surface area contributed by atoms with Crippen LogP contribution < -0.4 is 5.32 Å². The number of nitrogens with one attached hydrogen (secondary N) is 1. The van der Waals surface area contributed by atoms with Gasteiger partial charge in [0.25, 0.3) is 5.91 Å². The standard InChI is InChI=1S/C15H16ClN3O3S/c1-10-14(15(20)18-12-6-7-23(21,22)9-12)8-17-19(10)13-4-2-11(16)3-5-13/h2-5,8,12H,6-7,9H2,1H3,(H,18,20). The third-order valence-electron chi connectivity index (χ3n) is 3.89. The van der Waals surface area contributed by atoms with Crippen LogP contribution in [-0.4, -0.2) is 41.7 Å². The summed E-state index contributed by atoms with van der Waals surface area (Å²) in [5, 5.41) is 7.63. The molecule has 8 heteroatoms. The molecule has 0 saturated carbocycles. The van der Waals surface area contributed by atoms with E-state index < -0.39 is 9.84 Å². The molecule has 1 aromatic carbocycles. The first-order valence-corrected chi connectivity index (χ1v) is 9.37. The topological polar surface area (TPSA) is 81.1 Å². The number of benzene rings is 1. The van der Waals surface area contributed by atoms with Gasteiger partial charge in [-0.3, -0.25) is 4.79 Å². The molecule has 1 aromatic heterocycles. The predicted octanol–water partition coefficient (Wildman–Crippen LogP) is 1.75. The summed E-state index contributed by atoms with van der Waals surface area (Å²) in [5.41, 5.74) is 1.92. The van der Waals surface area contributed by atoms with Crippen molar-refractivity contribution in [3.05, 3.63) is 46.7 Å². The Labute approximate surface area is 139 Å². The van der Waals surface area contributed by atoms with Crippen LogP contribution in [0.2, 0.25) is 5.02 Å². The Morgan fingerprint density at radius 1 is 1.35 bits per heavy atom. The fourth-order valence-corrected chi connectivity index (χ4v) is 4.45. The SMILES string of the molecule is Cc1c(C(=O)NC2CCS(=O)(=O)C2)cnn1-c1ccc(Cl)cc1. The van der Waals surface area contributed by atoms with E-state index in [-0.39, 0.29) is 23.5 Å². The largest absolute Gasteiger partial charge is 0.348 e. The Morgan fingerprint density at radius 3 is 2.65 bits per heavy atom. The summed E-state index contributed by atoms with van der Waals surface area (Å²) < 4.78 is 24.6. The number of aromatic nitrogens is 2. The highest BCUT2D eigenvalue weighted by Crippen LogP contribution is 2.18. The maximum Gasteiger partial charge on any atom is 0.255 e. The summed E-state index contributed by atoms with van der Waals surface area (Å²) in [7, 11) is -3.02. The second kappa shape index (κ2) is 5.98. The summed E-state index contributed by atoms with van der Waals surface area (Å²) in [5.74, 6) is -0.172. The molecule has 1 atom stereocenters. The minimum absolute atomic E-state index is 0.00308. The predicted molar refractivity (Wildman–Crippen MR) is 87.8 cm³/mol. The fraction of sp³-hybridized carbons (Fsp3) is 0.333. The van der Waals surface area contributed by atoms with Crippen molar-refractivity contribution in [2.24, 2.45) is 0 Å². The molecule has 2 heterocycles. The van der Waals surface area contributed by atoms with E-state index in [1.54, 1.807) is 23.7 Å². The number of amides is 1. The molecule has 122 valence electrons.